The van der Waals surface area contributed by atoms with Crippen LogP contribution < -0.4 is 10.3 Å². The molecule has 0 bridgehead atoms. The van der Waals surface area contributed by atoms with Crippen molar-refractivity contribution >= 4 is 32.6 Å². The SMILES string of the molecule is O=C(O)c1ccc(NS(=O)(=O)c2ccc3oc(=O)ccc3c2)cn1. The largest absolute Gasteiger partial charge is 0.477 e. The molecule has 0 unspecified atom stereocenters. The molecule has 0 spiro atoms. The van der Waals surface area contributed by atoms with Crippen molar-refractivity contribution in [1.29, 1.82) is 0 Å². The van der Waals surface area contributed by atoms with E-state index in [9.17, 15) is 18.0 Å². The van der Waals surface area contributed by atoms with Gasteiger partial charge in [0.05, 0.1) is 16.8 Å². The van der Waals surface area contributed by atoms with Gasteiger partial charge in [0, 0.05) is 11.5 Å². The molecule has 3 rings (SSSR count). The van der Waals surface area contributed by atoms with Gasteiger partial charge >= 0.3 is 11.6 Å². The first-order valence-electron chi connectivity index (χ1n) is 6.61. The third-order valence-corrected chi connectivity index (χ3v) is 4.51. The number of aromatic nitrogens is 1. The number of carboxylic acids is 1. The Hall–Kier alpha value is -3.20. The number of fused-ring (bicyclic) bond motifs is 1. The molecule has 0 amide bonds. The first-order valence-corrected chi connectivity index (χ1v) is 8.09. The Kier molecular flexibility index (Phi) is 3.78. The molecule has 2 aromatic heterocycles. The lowest BCUT2D eigenvalue weighted by atomic mass is 10.2. The van der Waals surface area contributed by atoms with Crippen LogP contribution in [0, 0.1) is 0 Å². The van der Waals surface area contributed by atoms with E-state index >= 15 is 0 Å². The Labute approximate surface area is 135 Å². The van der Waals surface area contributed by atoms with Gasteiger partial charge in [-0.1, -0.05) is 0 Å². The summed E-state index contributed by atoms with van der Waals surface area (Å²) < 4.78 is 32.0. The van der Waals surface area contributed by atoms with Crippen molar-refractivity contribution in [2.75, 3.05) is 4.72 Å². The third-order valence-electron chi connectivity index (χ3n) is 3.14. The second-order valence-corrected chi connectivity index (χ2v) is 6.48. The fourth-order valence-electron chi connectivity index (χ4n) is 2.01. The first kappa shape index (κ1) is 15.7. The van der Waals surface area contributed by atoms with Gasteiger partial charge in [-0.2, -0.15) is 0 Å². The zero-order valence-electron chi connectivity index (χ0n) is 12.0. The average molecular weight is 346 g/mol. The molecule has 2 N–H and O–H groups in total. The van der Waals surface area contributed by atoms with Gasteiger partial charge in [-0.3, -0.25) is 4.72 Å². The molecule has 0 saturated heterocycles. The number of carbonyl (C=O) groups is 1. The van der Waals surface area contributed by atoms with Gasteiger partial charge in [-0.25, -0.2) is 23.0 Å². The van der Waals surface area contributed by atoms with Crippen LogP contribution in [0.15, 0.2) is 62.8 Å². The number of hydrogen-bond donors (Lipinski definition) is 2. The zero-order valence-corrected chi connectivity index (χ0v) is 12.8. The fourth-order valence-corrected chi connectivity index (χ4v) is 3.09. The first-order chi connectivity index (χ1) is 11.3. The number of aromatic carboxylic acids is 1. The van der Waals surface area contributed by atoms with Crippen LogP contribution in [0.5, 0.6) is 0 Å². The minimum Gasteiger partial charge on any atom is -0.477 e. The predicted octanol–water partition coefficient (Wildman–Crippen LogP) is 1.69. The highest BCUT2D eigenvalue weighted by molar-refractivity contribution is 7.92. The number of rotatable bonds is 4. The highest BCUT2D eigenvalue weighted by Gasteiger charge is 2.16. The van der Waals surface area contributed by atoms with Gasteiger partial charge in [0.1, 0.15) is 11.3 Å². The van der Waals surface area contributed by atoms with Crippen molar-refractivity contribution in [2.24, 2.45) is 0 Å². The van der Waals surface area contributed by atoms with Crippen molar-refractivity contribution in [1.82, 2.24) is 4.98 Å². The van der Waals surface area contributed by atoms with Crippen LogP contribution in [-0.4, -0.2) is 24.5 Å². The number of sulfonamides is 1. The predicted molar refractivity (Wildman–Crippen MR) is 84.5 cm³/mol. The standard InChI is InChI=1S/C15H10N2O6S/c18-14-6-1-9-7-11(3-5-13(9)23-14)24(21,22)17-10-2-4-12(15(19)20)16-8-10/h1-8,17H,(H,19,20). The molecule has 0 aliphatic carbocycles. The molecule has 2 heterocycles. The fraction of sp³-hybridized carbons (Fsp3) is 0. The quantitative estimate of drug-likeness (QED) is 0.688. The third kappa shape index (κ3) is 3.10. The topological polar surface area (TPSA) is 127 Å². The Morgan fingerprint density at radius 2 is 1.92 bits per heavy atom. The van der Waals surface area contributed by atoms with Crippen molar-refractivity contribution in [3.63, 3.8) is 0 Å². The summed E-state index contributed by atoms with van der Waals surface area (Å²) in [4.78, 5) is 25.5. The number of hydrogen-bond acceptors (Lipinski definition) is 6. The zero-order chi connectivity index (χ0) is 17.3. The Morgan fingerprint density at radius 3 is 2.58 bits per heavy atom. The second-order valence-electron chi connectivity index (χ2n) is 4.80. The maximum atomic E-state index is 12.4. The number of benzene rings is 1. The van der Waals surface area contributed by atoms with E-state index in [0.29, 0.717) is 5.39 Å². The Bertz CT molecular complexity index is 1090. The highest BCUT2D eigenvalue weighted by atomic mass is 32.2. The summed E-state index contributed by atoms with van der Waals surface area (Å²) in [7, 11) is -3.91. The van der Waals surface area contributed by atoms with Crippen LogP contribution in [0.4, 0.5) is 5.69 Å². The molecule has 0 fully saturated rings. The molecule has 9 heteroatoms. The minimum absolute atomic E-state index is 0.0360. The second kappa shape index (κ2) is 5.78. The lowest BCUT2D eigenvalue weighted by Crippen LogP contribution is -2.13. The lowest BCUT2D eigenvalue weighted by Gasteiger charge is -2.08. The highest BCUT2D eigenvalue weighted by Crippen LogP contribution is 2.20. The summed E-state index contributed by atoms with van der Waals surface area (Å²) in [5.74, 6) is -1.21. The van der Waals surface area contributed by atoms with Crippen LogP contribution in [0.1, 0.15) is 10.5 Å². The van der Waals surface area contributed by atoms with Crippen LogP contribution in [0.3, 0.4) is 0 Å². The summed E-state index contributed by atoms with van der Waals surface area (Å²) in [6.45, 7) is 0. The number of nitrogens with one attached hydrogen (secondary N) is 1. The van der Waals surface area contributed by atoms with Crippen LogP contribution >= 0.6 is 0 Å². The number of pyridine rings is 1. The molecule has 0 aliphatic rings. The van der Waals surface area contributed by atoms with E-state index in [1.165, 1.54) is 42.5 Å². The molecular weight excluding hydrogens is 336 g/mol. The average Bonchev–Trinajstić information content (AvgIpc) is 2.54. The smallest absolute Gasteiger partial charge is 0.354 e. The van der Waals surface area contributed by atoms with Gasteiger partial charge < -0.3 is 9.52 Å². The molecule has 1 aromatic carbocycles. The van der Waals surface area contributed by atoms with E-state index in [1.807, 2.05) is 0 Å². The molecule has 122 valence electrons. The Morgan fingerprint density at radius 1 is 1.12 bits per heavy atom. The summed E-state index contributed by atoms with van der Waals surface area (Å²) in [5, 5.41) is 9.23. The summed E-state index contributed by atoms with van der Waals surface area (Å²) in [6.07, 6.45) is 1.11. The molecular formula is C15H10N2O6S. The molecule has 8 nitrogen and oxygen atoms in total. The van der Waals surface area contributed by atoms with Crippen molar-refractivity contribution in [2.45, 2.75) is 4.90 Å². The van der Waals surface area contributed by atoms with Gasteiger partial charge in [-0.15, -0.1) is 0 Å². The molecule has 0 atom stereocenters. The van der Waals surface area contributed by atoms with Crippen molar-refractivity contribution < 1.29 is 22.7 Å². The number of anilines is 1. The number of carboxylic acid groups (broad SMARTS) is 1. The van der Waals surface area contributed by atoms with E-state index in [2.05, 4.69) is 9.71 Å². The summed E-state index contributed by atoms with van der Waals surface area (Å²) in [6, 6.07) is 9.19. The molecule has 0 saturated carbocycles. The van der Waals surface area contributed by atoms with Gasteiger partial charge in [0.25, 0.3) is 10.0 Å². The van der Waals surface area contributed by atoms with Gasteiger partial charge in [0.15, 0.2) is 0 Å². The maximum Gasteiger partial charge on any atom is 0.354 e. The van der Waals surface area contributed by atoms with E-state index in [4.69, 9.17) is 9.52 Å². The lowest BCUT2D eigenvalue weighted by molar-refractivity contribution is 0.0690. The maximum absolute atomic E-state index is 12.4. The van der Waals surface area contributed by atoms with Crippen LogP contribution in [0.25, 0.3) is 11.0 Å². The van der Waals surface area contributed by atoms with Gasteiger partial charge in [0.2, 0.25) is 0 Å². The van der Waals surface area contributed by atoms with Crippen molar-refractivity contribution in [3.05, 3.63) is 64.8 Å². The molecule has 0 aliphatic heterocycles. The van der Waals surface area contributed by atoms with Gasteiger partial charge in [-0.05, 0) is 36.4 Å². The van der Waals surface area contributed by atoms with E-state index in [-0.39, 0.29) is 21.9 Å². The molecule has 0 radical (unpaired) electrons. The normalized spacial score (nSPS) is 11.3. The minimum atomic E-state index is -3.91. The monoisotopic (exact) mass is 346 g/mol. The van der Waals surface area contributed by atoms with E-state index in [1.54, 1.807) is 0 Å². The van der Waals surface area contributed by atoms with Crippen molar-refractivity contribution in [3.8, 4) is 0 Å². The summed E-state index contributed by atoms with van der Waals surface area (Å²) >= 11 is 0. The van der Waals surface area contributed by atoms with Crippen LogP contribution in [0.2, 0.25) is 0 Å². The Balaban J connectivity index is 1.93. The van der Waals surface area contributed by atoms with Crippen LogP contribution in [-0.2, 0) is 10.0 Å². The summed E-state index contributed by atoms with van der Waals surface area (Å²) in [5.41, 5.74) is -0.326. The molecule has 24 heavy (non-hydrogen) atoms. The van der Waals surface area contributed by atoms with E-state index in [0.717, 1.165) is 6.20 Å². The van der Waals surface area contributed by atoms with E-state index < -0.39 is 21.6 Å². The number of nitrogens with zero attached hydrogens (tertiary/aromatic N) is 1. The molecule has 3 aromatic rings.